The van der Waals surface area contributed by atoms with Gasteiger partial charge in [0, 0.05) is 41.7 Å². The third-order valence-electron chi connectivity index (χ3n) is 8.60. The summed E-state index contributed by atoms with van der Waals surface area (Å²) < 4.78 is 6.58. The molecule has 2 aliphatic carbocycles. The monoisotopic (exact) mass is 620 g/mol. The van der Waals surface area contributed by atoms with Crippen molar-refractivity contribution in [3.05, 3.63) is 199 Å². The number of benzene rings is 1. The van der Waals surface area contributed by atoms with Crippen LogP contribution in [0.4, 0.5) is 0 Å². The molecule has 1 aromatic carbocycles. The SMILES string of the molecule is C=C/C=C\C(=C)N1C/C=C2/OC/C=C/CC/C=C\C=C\CN(C(=C)C3C=C3C3=CC(=O)c4ccccc43)/C2=C/CC/C(C=C)=C\1C=C. The first-order valence-electron chi connectivity index (χ1n) is 16.3. The van der Waals surface area contributed by atoms with Crippen LogP contribution in [-0.2, 0) is 4.74 Å². The first-order chi connectivity index (χ1) is 23.0. The summed E-state index contributed by atoms with van der Waals surface area (Å²) in [5.74, 6) is 0.842. The van der Waals surface area contributed by atoms with Gasteiger partial charge in [0.15, 0.2) is 5.78 Å². The summed E-state index contributed by atoms with van der Waals surface area (Å²) in [4.78, 5) is 17.2. The third-order valence-corrected chi connectivity index (χ3v) is 8.60. The number of carbonyl (C=O) groups is 1. The zero-order valence-electron chi connectivity index (χ0n) is 27.2. The average Bonchev–Trinajstić information content (AvgIpc) is 3.82. The Balaban J connectivity index is 1.54. The number of ketones is 1. The van der Waals surface area contributed by atoms with Crippen LogP contribution in [0.15, 0.2) is 188 Å². The lowest BCUT2D eigenvalue weighted by Crippen LogP contribution is -2.28. The number of hydrogen-bond donors (Lipinski definition) is 0. The summed E-state index contributed by atoms with van der Waals surface area (Å²) in [5, 5.41) is 0. The molecule has 0 spiro atoms. The van der Waals surface area contributed by atoms with E-state index in [0.717, 1.165) is 82.1 Å². The van der Waals surface area contributed by atoms with Crippen molar-refractivity contribution in [2.75, 3.05) is 19.7 Å². The van der Waals surface area contributed by atoms with E-state index in [-0.39, 0.29) is 11.7 Å². The highest BCUT2D eigenvalue weighted by molar-refractivity contribution is 6.19. The Hall–Kier alpha value is -5.35. The standard InChI is InChI=1S/C43H44N2O2/c1-6-9-21-32(4)44-28-26-43-41(25-20-22-34(7-2)40(44)8-3)45(27-18-14-12-10-11-13-15-19-29-47-43)33(5)37-30-38(37)39-31-42(46)36-24-17-16-23-35(36)39/h6-10,12,14-19,21,23-26,30-31,37H,1-5,11,13,20,22,27-29H2/b12-10-,18-14+,19-15+,21-9-,40-34-,41-25+,43-26+. The molecule has 5 rings (SSSR count). The number of nitrogens with zero attached hydrogens (tertiary/aromatic N) is 2. The molecule has 2 heterocycles. The Kier molecular flexibility index (Phi) is 11.1. The molecule has 2 aliphatic heterocycles. The maximum Gasteiger partial charge on any atom is 0.187 e. The number of hydrogen-bond acceptors (Lipinski definition) is 4. The van der Waals surface area contributed by atoms with Crippen LogP contribution in [0.25, 0.3) is 5.57 Å². The first kappa shape index (κ1) is 33.0. The molecule has 0 saturated heterocycles. The van der Waals surface area contributed by atoms with Crippen LogP contribution in [-0.4, -0.2) is 35.3 Å². The molecule has 0 aromatic heterocycles. The van der Waals surface area contributed by atoms with Gasteiger partial charge in [0.25, 0.3) is 0 Å². The second-order valence-corrected chi connectivity index (χ2v) is 11.6. The zero-order chi connectivity index (χ0) is 33.2. The van der Waals surface area contributed by atoms with E-state index in [4.69, 9.17) is 4.74 Å². The molecule has 238 valence electrons. The lowest BCUT2D eigenvalue weighted by atomic mass is 10.0. The molecule has 47 heavy (non-hydrogen) atoms. The van der Waals surface area contributed by atoms with Crippen molar-refractivity contribution >= 4 is 11.4 Å². The molecule has 1 aromatic rings. The molecule has 0 fully saturated rings. The summed E-state index contributed by atoms with van der Waals surface area (Å²) in [5.41, 5.74) is 8.64. The number of carbonyl (C=O) groups excluding carboxylic acids is 1. The van der Waals surface area contributed by atoms with Crippen LogP contribution in [0.5, 0.6) is 0 Å². The fraction of sp³-hybridized carbons (Fsp3) is 0.186. The maximum absolute atomic E-state index is 12.8. The van der Waals surface area contributed by atoms with Crippen LogP contribution in [0.2, 0.25) is 0 Å². The molecule has 0 saturated carbocycles. The zero-order valence-corrected chi connectivity index (χ0v) is 27.2. The van der Waals surface area contributed by atoms with Gasteiger partial charge in [-0.15, -0.1) is 0 Å². The summed E-state index contributed by atoms with van der Waals surface area (Å²) in [6.07, 6.45) is 33.9. The van der Waals surface area contributed by atoms with Crippen molar-refractivity contribution in [1.82, 2.24) is 9.80 Å². The summed E-state index contributed by atoms with van der Waals surface area (Å²) in [6.45, 7) is 22.7. The van der Waals surface area contributed by atoms with Gasteiger partial charge in [-0.1, -0.05) is 124 Å². The maximum atomic E-state index is 12.8. The minimum Gasteiger partial charge on any atom is -0.488 e. The highest BCUT2D eigenvalue weighted by Gasteiger charge is 2.37. The first-order valence-corrected chi connectivity index (χ1v) is 16.3. The molecule has 1 atom stereocenters. The fourth-order valence-electron chi connectivity index (χ4n) is 6.11. The van der Waals surface area contributed by atoms with E-state index < -0.39 is 0 Å². The predicted molar refractivity (Wildman–Crippen MR) is 197 cm³/mol. The van der Waals surface area contributed by atoms with E-state index in [0.29, 0.717) is 19.7 Å². The van der Waals surface area contributed by atoms with Crippen molar-refractivity contribution in [2.45, 2.75) is 25.7 Å². The van der Waals surface area contributed by atoms with E-state index in [2.05, 4.69) is 97.4 Å². The average molecular weight is 621 g/mol. The summed E-state index contributed by atoms with van der Waals surface area (Å²) in [7, 11) is 0. The molecular weight excluding hydrogens is 576 g/mol. The van der Waals surface area contributed by atoms with E-state index >= 15 is 0 Å². The largest absolute Gasteiger partial charge is 0.488 e. The van der Waals surface area contributed by atoms with Gasteiger partial charge in [0.05, 0.1) is 5.70 Å². The lowest BCUT2D eigenvalue weighted by molar-refractivity contribution is 0.105. The molecular formula is C43H44N2O2. The van der Waals surface area contributed by atoms with Gasteiger partial charge in [-0.3, -0.25) is 4.79 Å². The second kappa shape index (κ2) is 15.8. The third kappa shape index (κ3) is 7.73. The highest BCUT2D eigenvalue weighted by Crippen LogP contribution is 2.48. The molecule has 4 heteroatoms. The molecule has 4 aliphatic rings. The van der Waals surface area contributed by atoms with Gasteiger partial charge in [-0.2, -0.15) is 0 Å². The van der Waals surface area contributed by atoms with Gasteiger partial charge in [0.1, 0.15) is 12.4 Å². The van der Waals surface area contributed by atoms with E-state index in [9.17, 15) is 4.79 Å². The predicted octanol–water partition coefficient (Wildman–Crippen LogP) is 9.86. The Morgan fingerprint density at radius 2 is 1.66 bits per heavy atom. The number of ether oxygens (including phenoxy) is 1. The molecule has 0 amide bonds. The van der Waals surface area contributed by atoms with Crippen LogP contribution in [0, 0.1) is 5.92 Å². The summed E-state index contributed by atoms with van der Waals surface area (Å²) in [6, 6.07) is 7.83. The minimum atomic E-state index is 0.0109. The molecule has 1 unspecified atom stereocenters. The number of allylic oxidation sites excluding steroid dienone is 14. The summed E-state index contributed by atoms with van der Waals surface area (Å²) >= 11 is 0. The molecule has 0 radical (unpaired) electrons. The van der Waals surface area contributed by atoms with Crippen molar-refractivity contribution < 1.29 is 9.53 Å². The molecule has 0 N–H and O–H groups in total. The Morgan fingerprint density at radius 1 is 0.872 bits per heavy atom. The fourth-order valence-corrected chi connectivity index (χ4v) is 6.11. The number of rotatable bonds is 8. The lowest BCUT2D eigenvalue weighted by Gasteiger charge is -2.32. The Labute approximate surface area is 280 Å². The van der Waals surface area contributed by atoms with Crippen molar-refractivity contribution in [3.63, 3.8) is 0 Å². The molecule has 4 nitrogen and oxygen atoms in total. The van der Waals surface area contributed by atoms with Crippen molar-refractivity contribution in [3.8, 4) is 0 Å². The van der Waals surface area contributed by atoms with E-state index in [1.54, 1.807) is 12.2 Å². The number of fused-ring (bicyclic) bond motifs is 2. The van der Waals surface area contributed by atoms with Gasteiger partial charge in [0.2, 0.25) is 0 Å². The van der Waals surface area contributed by atoms with Gasteiger partial charge < -0.3 is 14.5 Å². The highest BCUT2D eigenvalue weighted by atomic mass is 16.5. The van der Waals surface area contributed by atoms with Gasteiger partial charge in [-0.25, -0.2) is 0 Å². The van der Waals surface area contributed by atoms with Crippen molar-refractivity contribution in [1.29, 1.82) is 0 Å². The Bertz CT molecular complexity index is 1750. The minimum absolute atomic E-state index is 0.0109. The topological polar surface area (TPSA) is 32.8 Å². The van der Waals surface area contributed by atoms with Crippen molar-refractivity contribution in [2.24, 2.45) is 5.92 Å². The Morgan fingerprint density at radius 3 is 2.45 bits per heavy atom. The van der Waals surface area contributed by atoms with Crippen LogP contribution >= 0.6 is 0 Å². The quantitative estimate of drug-likeness (QED) is 0.214. The second-order valence-electron chi connectivity index (χ2n) is 11.6. The normalized spacial score (nSPS) is 26.0. The van der Waals surface area contributed by atoms with Gasteiger partial charge in [-0.05, 0) is 72.3 Å². The van der Waals surface area contributed by atoms with Crippen LogP contribution in [0.1, 0.15) is 41.6 Å². The van der Waals surface area contributed by atoms with E-state index in [1.807, 2.05) is 48.6 Å². The van der Waals surface area contributed by atoms with Crippen LogP contribution < -0.4 is 0 Å². The molecule has 0 bridgehead atoms. The van der Waals surface area contributed by atoms with Crippen LogP contribution in [0.3, 0.4) is 0 Å². The van der Waals surface area contributed by atoms with Gasteiger partial charge >= 0.3 is 0 Å². The smallest absolute Gasteiger partial charge is 0.187 e. The van der Waals surface area contributed by atoms with E-state index in [1.165, 1.54) is 0 Å².